The Morgan fingerprint density at radius 3 is 3.09 bits per heavy atom. The summed E-state index contributed by atoms with van der Waals surface area (Å²) in [4.78, 5) is 15.6. The summed E-state index contributed by atoms with van der Waals surface area (Å²) in [5.74, 6) is -0.339. The summed E-state index contributed by atoms with van der Waals surface area (Å²) >= 11 is 1.55. The van der Waals surface area contributed by atoms with E-state index in [1.807, 2.05) is 6.92 Å². The molecule has 0 aromatic carbocycles. The van der Waals surface area contributed by atoms with Crippen molar-refractivity contribution in [2.45, 2.75) is 13.3 Å². The zero-order chi connectivity index (χ0) is 8.27. The van der Waals surface area contributed by atoms with Crippen LogP contribution in [0.3, 0.4) is 0 Å². The normalized spacial score (nSPS) is 12.8. The van der Waals surface area contributed by atoms with Crippen LogP contribution in [0.25, 0.3) is 0 Å². The molecular weight excluding hydrogens is 160 g/mol. The Kier molecular flexibility index (Phi) is 2.59. The number of hydrogen-bond acceptors (Lipinski definition) is 3. The lowest BCUT2D eigenvalue weighted by molar-refractivity contribution is -0.121. The highest BCUT2D eigenvalue weighted by molar-refractivity contribution is 7.09. The van der Waals surface area contributed by atoms with Crippen LogP contribution in [0.5, 0.6) is 0 Å². The molecule has 0 aliphatic rings. The summed E-state index contributed by atoms with van der Waals surface area (Å²) in [6, 6.07) is 0. The van der Waals surface area contributed by atoms with Gasteiger partial charge in [0, 0.05) is 17.0 Å². The summed E-state index contributed by atoms with van der Waals surface area (Å²) in [6.07, 6.45) is 2.48. The second-order valence-corrected chi connectivity index (χ2v) is 3.45. The van der Waals surface area contributed by atoms with Gasteiger partial charge < -0.3 is 5.73 Å². The van der Waals surface area contributed by atoms with Gasteiger partial charge >= 0.3 is 0 Å². The lowest BCUT2D eigenvalue weighted by atomic mass is 10.1. The number of aromatic nitrogens is 1. The predicted molar refractivity (Wildman–Crippen MR) is 44.2 cm³/mol. The molecular formula is C7H10N2OS. The number of carbonyl (C=O) groups excluding carboxylic acids is 1. The van der Waals surface area contributed by atoms with Gasteiger partial charge in [0.25, 0.3) is 0 Å². The molecule has 1 atom stereocenters. The van der Waals surface area contributed by atoms with Gasteiger partial charge in [0.1, 0.15) is 0 Å². The van der Waals surface area contributed by atoms with Crippen LogP contribution in [0.4, 0.5) is 0 Å². The largest absolute Gasteiger partial charge is 0.369 e. The monoisotopic (exact) mass is 170 g/mol. The van der Waals surface area contributed by atoms with Crippen molar-refractivity contribution in [2.24, 2.45) is 11.7 Å². The van der Waals surface area contributed by atoms with E-state index in [0.29, 0.717) is 6.42 Å². The minimum absolute atomic E-state index is 0.0875. The third-order valence-corrected chi connectivity index (χ3v) is 2.28. The number of carbonyl (C=O) groups is 1. The molecule has 2 N–H and O–H groups in total. The van der Waals surface area contributed by atoms with Crippen molar-refractivity contribution >= 4 is 17.2 Å². The molecule has 0 saturated heterocycles. The van der Waals surface area contributed by atoms with Gasteiger partial charge in [-0.25, -0.2) is 0 Å². The smallest absolute Gasteiger partial charge is 0.220 e. The van der Waals surface area contributed by atoms with Gasteiger partial charge in [0.2, 0.25) is 5.91 Å². The Hall–Kier alpha value is -0.900. The molecule has 1 amide bonds. The number of amides is 1. The van der Waals surface area contributed by atoms with Gasteiger partial charge in [0.05, 0.1) is 5.51 Å². The third-order valence-electron chi connectivity index (χ3n) is 1.48. The molecule has 11 heavy (non-hydrogen) atoms. The van der Waals surface area contributed by atoms with Crippen molar-refractivity contribution in [3.63, 3.8) is 0 Å². The van der Waals surface area contributed by atoms with E-state index in [1.165, 1.54) is 0 Å². The number of hydrogen-bond donors (Lipinski definition) is 1. The molecule has 0 fully saturated rings. The molecule has 0 saturated carbocycles. The summed E-state index contributed by atoms with van der Waals surface area (Å²) in [7, 11) is 0. The third kappa shape index (κ3) is 2.31. The first-order valence-electron chi connectivity index (χ1n) is 3.37. The quantitative estimate of drug-likeness (QED) is 0.729. The Balaban J connectivity index is 2.50. The lowest BCUT2D eigenvalue weighted by Gasteiger charge is -2.02. The summed E-state index contributed by atoms with van der Waals surface area (Å²) in [5.41, 5.74) is 6.85. The van der Waals surface area contributed by atoms with E-state index in [2.05, 4.69) is 4.98 Å². The highest BCUT2D eigenvalue weighted by Crippen LogP contribution is 2.11. The molecule has 0 spiro atoms. The van der Waals surface area contributed by atoms with E-state index in [0.717, 1.165) is 4.88 Å². The van der Waals surface area contributed by atoms with Crippen LogP contribution in [0, 0.1) is 5.92 Å². The zero-order valence-corrected chi connectivity index (χ0v) is 7.10. The van der Waals surface area contributed by atoms with E-state index in [4.69, 9.17) is 5.73 Å². The molecule has 1 unspecified atom stereocenters. The minimum Gasteiger partial charge on any atom is -0.369 e. The molecule has 3 nitrogen and oxygen atoms in total. The van der Waals surface area contributed by atoms with Crippen LogP contribution in [0.15, 0.2) is 11.7 Å². The molecule has 1 heterocycles. The zero-order valence-electron chi connectivity index (χ0n) is 6.28. The van der Waals surface area contributed by atoms with E-state index >= 15 is 0 Å². The Morgan fingerprint density at radius 1 is 1.91 bits per heavy atom. The van der Waals surface area contributed by atoms with Gasteiger partial charge in [-0.1, -0.05) is 6.92 Å². The molecule has 60 valence electrons. The standard InChI is InChI=1S/C7H10N2OS/c1-5(7(8)10)2-6-3-9-4-11-6/h3-5H,2H2,1H3,(H2,8,10). The number of rotatable bonds is 3. The molecule has 0 aliphatic heterocycles. The van der Waals surface area contributed by atoms with E-state index in [1.54, 1.807) is 23.0 Å². The number of thiazole rings is 1. The fourth-order valence-electron chi connectivity index (χ4n) is 0.745. The first-order chi connectivity index (χ1) is 5.20. The topological polar surface area (TPSA) is 56.0 Å². The lowest BCUT2D eigenvalue weighted by Crippen LogP contribution is -2.21. The Labute approximate surface area is 69.3 Å². The van der Waals surface area contributed by atoms with Crippen LogP contribution in [0.1, 0.15) is 11.8 Å². The fourth-order valence-corrected chi connectivity index (χ4v) is 1.47. The highest BCUT2D eigenvalue weighted by atomic mass is 32.1. The summed E-state index contributed by atoms with van der Waals surface area (Å²) < 4.78 is 0. The maximum absolute atomic E-state index is 10.6. The van der Waals surface area contributed by atoms with Crippen LogP contribution in [0.2, 0.25) is 0 Å². The van der Waals surface area contributed by atoms with Gasteiger partial charge in [-0.05, 0) is 6.42 Å². The van der Waals surface area contributed by atoms with Crippen molar-refractivity contribution in [3.8, 4) is 0 Å². The fraction of sp³-hybridized carbons (Fsp3) is 0.429. The SMILES string of the molecule is CC(Cc1cncs1)C(N)=O. The van der Waals surface area contributed by atoms with Crippen molar-refractivity contribution < 1.29 is 4.79 Å². The van der Waals surface area contributed by atoms with Crippen molar-refractivity contribution in [3.05, 3.63) is 16.6 Å². The average molecular weight is 170 g/mol. The summed E-state index contributed by atoms with van der Waals surface area (Å²) in [6.45, 7) is 1.82. The maximum atomic E-state index is 10.6. The molecule has 1 aromatic rings. The minimum atomic E-state index is -0.251. The van der Waals surface area contributed by atoms with Crippen LogP contribution in [-0.4, -0.2) is 10.9 Å². The Bertz CT molecular complexity index is 233. The first-order valence-corrected chi connectivity index (χ1v) is 4.25. The van der Waals surface area contributed by atoms with E-state index in [9.17, 15) is 4.79 Å². The molecule has 0 aliphatic carbocycles. The molecule has 1 aromatic heterocycles. The second kappa shape index (κ2) is 3.48. The maximum Gasteiger partial charge on any atom is 0.220 e. The second-order valence-electron chi connectivity index (χ2n) is 2.48. The molecule has 1 rings (SSSR count). The van der Waals surface area contributed by atoms with Crippen LogP contribution >= 0.6 is 11.3 Å². The average Bonchev–Trinajstić information content (AvgIpc) is 2.39. The van der Waals surface area contributed by atoms with Gasteiger partial charge in [-0.2, -0.15) is 0 Å². The molecule has 4 heteroatoms. The number of nitrogens with two attached hydrogens (primary N) is 1. The molecule has 0 radical (unpaired) electrons. The van der Waals surface area contributed by atoms with Crippen molar-refractivity contribution in [1.29, 1.82) is 0 Å². The number of nitrogens with zero attached hydrogens (tertiary/aromatic N) is 1. The van der Waals surface area contributed by atoms with Crippen LogP contribution < -0.4 is 5.73 Å². The number of primary amides is 1. The predicted octanol–water partition coefficient (Wildman–Crippen LogP) is 0.807. The van der Waals surface area contributed by atoms with Gasteiger partial charge in [-0.15, -0.1) is 11.3 Å². The van der Waals surface area contributed by atoms with Crippen molar-refractivity contribution in [1.82, 2.24) is 4.98 Å². The van der Waals surface area contributed by atoms with E-state index in [-0.39, 0.29) is 11.8 Å². The van der Waals surface area contributed by atoms with Crippen LogP contribution in [-0.2, 0) is 11.2 Å². The van der Waals surface area contributed by atoms with Crippen molar-refractivity contribution in [2.75, 3.05) is 0 Å². The molecule has 0 bridgehead atoms. The first kappa shape index (κ1) is 8.20. The Morgan fingerprint density at radius 2 is 2.64 bits per heavy atom. The summed E-state index contributed by atoms with van der Waals surface area (Å²) in [5, 5.41) is 0. The van der Waals surface area contributed by atoms with Gasteiger partial charge in [0.15, 0.2) is 0 Å². The van der Waals surface area contributed by atoms with Gasteiger partial charge in [-0.3, -0.25) is 9.78 Å². The highest BCUT2D eigenvalue weighted by Gasteiger charge is 2.09. The van der Waals surface area contributed by atoms with E-state index < -0.39 is 0 Å².